The molecule has 0 radical (unpaired) electrons. The number of rotatable bonds is 0. The van der Waals surface area contributed by atoms with Crippen LogP contribution in [0.2, 0.25) is 0 Å². The first-order valence-electron chi connectivity index (χ1n) is 11.8. The van der Waals surface area contributed by atoms with Crippen molar-refractivity contribution in [3.8, 4) is 28.4 Å². The third-order valence-corrected chi connectivity index (χ3v) is 7.79. The summed E-state index contributed by atoms with van der Waals surface area (Å²) < 4.78 is 18.6. The maximum Gasteiger partial charge on any atom is 0.280 e. The number of hydrogen-bond donors (Lipinski definition) is 5. The van der Waals surface area contributed by atoms with Gasteiger partial charge in [-0.25, -0.2) is 4.68 Å². The van der Waals surface area contributed by atoms with Crippen LogP contribution in [0.3, 0.4) is 0 Å². The van der Waals surface area contributed by atoms with E-state index >= 15 is 0 Å². The Bertz CT molecular complexity index is 1820. The highest BCUT2D eigenvalue weighted by molar-refractivity contribution is 6.05. The number of fused-ring (bicyclic) bond motifs is 6. The van der Waals surface area contributed by atoms with Crippen LogP contribution in [-0.4, -0.2) is 38.0 Å². The van der Waals surface area contributed by atoms with Gasteiger partial charge >= 0.3 is 0 Å². The monoisotopic (exact) mass is 506 g/mol. The van der Waals surface area contributed by atoms with Crippen LogP contribution in [0.5, 0.6) is 17.2 Å². The lowest BCUT2D eigenvalue weighted by atomic mass is 9.79. The Morgan fingerprint density at radius 1 is 1.05 bits per heavy atom. The second-order valence-corrected chi connectivity index (χ2v) is 9.80. The second kappa shape index (κ2) is 7.25. The number of aliphatic hydroxyl groups excluding tert-OH is 2. The number of aliphatic hydroxyl groups is 2. The highest BCUT2D eigenvalue weighted by Crippen LogP contribution is 2.57. The summed E-state index contributed by atoms with van der Waals surface area (Å²) in [7, 11) is 0. The van der Waals surface area contributed by atoms with Crippen LogP contribution in [0.1, 0.15) is 46.8 Å². The van der Waals surface area contributed by atoms with E-state index in [0.29, 0.717) is 28.6 Å². The standard InChI is InChI=1S/C26H22N2O9/c1-8-4-9-5-10-6-13-16-18(14(10)21(31)15(9)26(34)28(8)27)23(33)19-22(32)17-12(3-2-11(29)20(17)30)37-25(19)24(16)36-7-35-13/h4-5,11,13,20,29-31,33H,2-3,6-7,27H2,1H3/t11?,13-,20+/m1/s1. The fourth-order valence-corrected chi connectivity index (χ4v) is 5.99. The van der Waals surface area contributed by atoms with E-state index in [0.717, 1.165) is 4.68 Å². The van der Waals surface area contributed by atoms with E-state index in [4.69, 9.17) is 19.7 Å². The topological polar surface area (TPSA) is 178 Å². The molecule has 1 unspecified atom stereocenters. The molecule has 11 nitrogen and oxygen atoms in total. The van der Waals surface area contributed by atoms with Gasteiger partial charge in [-0.3, -0.25) is 9.59 Å². The van der Waals surface area contributed by atoms with Crippen LogP contribution < -0.4 is 21.6 Å². The summed E-state index contributed by atoms with van der Waals surface area (Å²) in [5.41, 5.74) is 0.256. The van der Waals surface area contributed by atoms with Crippen LogP contribution in [-0.2, 0) is 17.6 Å². The Balaban J connectivity index is 1.65. The van der Waals surface area contributed by atoms with E-state index in [-0.39, 0.29) is 64.2 Å². The maximum absolute atomic E-state index is 13.6. The lowest BCUT2D eigenvalue weighted by Crippen LogP contribution is -2.31. The largest absolute Gasteiger partial charge is 0.506 e. The Hall–Kier alpha value is -4.06. The lowest BCUT2D eigenvalue weighted by molar-refractivity contribution is -0.0591. The van der Waals surface area contributed by atoms with Crippen molar-refractivity contribution < 1.29 is 34.3 Å². The van der Waals surface area contributed by atoms with Crippen molar-refractivity contribution in [2.75, 3.05) is 12.6 Å². The average Bonchev–Trinajstić information content (AvgIpc) is 2.86. The molecule has 2 aliphatic carbocycles. The number of hydrogen-bond acceptors (Lipinski definition) is 10. The van der Waals surface area contributed by atoms with E-state index in [1.807, 2.05) is 0 Å². The Labute approximate surface area is 207 Å². The molecule has 4 aromatic rings. The van der Waals surface area contributed by atoms with E-state index in [2.05, 4.69) is 0 Å². The van der Waals surface area contributed by atoms with E-state index < -0.39 is 40.8 Å². The minimum atomic E-state index is -1.48. The van der Waals surface area contributed by atoms with Crippen molar-refractivity contribution >= 4 is 21.7 Å². The number of aromatic hydroxyl groups is 2. The molecular weight excluding hydrogens is 484 g/mol. The molecule has 2 aromatic heterocycles. The number of aromatic nitrogens is 1. The smallest absolute Gasteiger partial charge is 0.280 e. The molecule has 1 aliphatic heterocycles. The van der Waals surface area contributed by atoms with Crippen LogP contribution in [0.15, 0.2) is 26.1 Å². The quantitative estimate of drug-likeness (QED) is 0.220. The fraction of sp³-hybridized carbons (Fsp3) is 0.308. The number of benzene rings is 2. The normalized spacial score (nSPS) is 21.9. The first kappa shape index (κ1) is 22.2. The number of nitrogens with zero attached hydrogens (tertiary/aromatic N) is 1. The molecule has 190 valence electrons. The van der Waals surface area contributed by atoms with Gasteiger partial charge in [0.05, 0.1) is 23.2 Å². The van der Waals surface area contributed by atoms with Gasteiger partial charge in [0, 0.05) is 35.2 Å². The Kier molecular flexibility index (Phi) is 4.34. The SMILES string of the molecule is Cc1cc2cc3c(c(O)c2c(=O)n1N)-c1c2c(c4oc5c(c(=O)c4c1O)[C@@H](O)C(O)CC5)OCO[C@@H]2C3. The van der Waals surface area contributed by atoms with Gasteiger partial charge in [-0.2, -0.15) is 0 Å². The van der Waals surface area contributed by atoms with Crippen molar-refractivity contribution in [1.82, 2.24) is 4.68 Å². The zero-order chi connectivity index (χ0) is 25.9. The van der Waals surface area contributed by atoms with E-state index in [1.54, 1.807) is 19.1 Å². The molecule has 0 saturated carbocycles. The molecule has 37 heavy (non-hydrogen) atoms. The first-order chi connectivity index (χ1) is 17.7. The van der Waals surface area contributed by atoms with Crippen LogP contribution in [0, 0.1) is 6.92 Å². The zero-order valence-electron chi connectivity index (χ0n) is 19.6. The van der Waals surface area contributed by atoms with Gasteiger partial charge in [-0.15, -0.1) is 0 Å². The summed E-state index contributed by atoms with van der Waals surface area (Å²) in [6.07, 6.45) is -2.49. The van der Waals surface area contributed by atoms with Crippen molar-refractivity contribution in [3.63, 3.8) is 0 Å². The summed E-state index contributed by atoms with van der Waals surface area (Å²) in [5, 5.41) is 43.9. The molecule has 11 heteroatoms. The fourth-order valence-electron chi connectivity index (χ4n) is 5.99. The minimum Gasteiger partial charge on any atom is -0.506 e. The van der Waals surface area contributed by atoms with Crippen molar-refractivity contribution in [2.45, 2.75) is 44.5 Å². The van der Waals surface area contributed by atoms with Crippen LogP contribution >= 0.6 is 0 Å². The summed E-state index contributed by atoms with van der Waals surface area (Å²) in [4.78, 5) is 26.6. The highest BCUT2D eigenvalue weighted by atomic mass is 16.7. The van der Waals surface area contributed by atoms with Crippen molar-refractivity contribution in [1.29, 1.82) is 0 Å². The van der Waals surface area contributed by atoms with Gasteiger partial charge in [-0.1, -0.05) is 0 Å². The third-order valence-electron chi connectivity index (χ3n) is 7.79. The van der Waals surface area contributed by atoms with Crippen molar-refractivity contribution in [2.24, 2.45) is 0 Å². The molecule has 0 fully saturated rings. The van der Waals surface area contributed by atoms with E-state index in [1.165, 1.54) is 0 Å². The number of nitrogen functional groups attached to an aromatic ring is 1. The Morgan fingerprint density at radius 3 is 2.59 bits per heavy atom. The number of phenols is 2. The highest BCUT2D eigenvalue weighted by Gasteiger charge is 2.41. The lowest BCUT2D eigenvalue weighted by Gasteiger charge is -2.35. The summed E-state index contributed by atoms with van der Waals surface area (Å²) in [6.45, 7) is 1.54. The van der Waals surface area contributed by atoms with Crippen molar-refractivity contribution in [3.05, 3.63) is 60.9 Å². The molecule has 3 aliphatic rings. The number of pyridine rings is 1. The van der Waals surface area contributed by atoms with Gasteiger partial charge in [0.25, 0.3) is 5.56 Å². The predicted octanol–water partition coefficient (Wildman–Crippen LogP) is 1.51. The molecule has 6 N–H and O–H groups in total. The first-order valence-corrected chi connectivity index (χ1v) is 11.8. The molecule has 0 bridgehead atoms. The Morgan fingerprint density at radius 2 is 1.81 bits per heavy atom. The average molecular weight is 506 g/mol. The van der Waals surface area contributed by atoms with Gasteiger partial charge in [-0.05, 0) is 36.4 Å². The number of ether oxygens (including phenoxy) is 2. The second-order valence-electron chi connectivity index (χ2n) is 9.80. The van der Waals surface area contributed by atoms with Gasteiger partial charge in [0.1, 0.15) is 28.7 Å². The number of phenolic OH excluding ortho intramolecular Hbond substituents is 2. The summed E-state index contributed by atoms with van der Waals surface area (Å²) in [6, 6.07) is 3.41. The van der Waals surface area contributed by atoms with Gasteiger partial charge in [0.15, 0.2) is 18.1 Å². The summed E-state index contributed by atoms with van der Waals surface area (Å²) >= 11 is 0. The van der Waals surface area contributed by atoms with Crippen LogP contribution in [0.25, 0.3) is 32.9 Å². The molecule has 3 atom stereocenters. The molecule has 2 aromatic carbocycles. The van der Waals surface area contributed by atoms with E-state index in [9.17, 15) is 30.0 Å². The zero-order valence-corrected chi connectivity index (χ0v) is 19.6. The number of nitrogens with two attached hydrogens (primary N) is 1. The van der Waals surface area contributed by atoms with Gasteiger partial charge < -0.3 is 40.2 Å². The molecule has 0 amide bonds. The maximum atomic E-state index is 13.6. The summed E-state index contributed by atoms with van der Waals surface area (Å²) in [5.74, 6) is 5.38. The van der Waals surface area contributed by atoms with Gasteiger partial charge in [0.2, 0.25) is 5.43 Å². The molecule has 7 rings (SSSR count). The molecular formula is C26H22N2O9. The molecule has 0 spiro atoms. The molecule has 0 saturated heterocycles. The third kappa shape index (κ3) is 2.70. The van der Waals surface area contributed by atoms with Crippen LogP contribution in [0.4, 0.5) is 0 Å². The minimum absolute atomic E-state index is 0.000516. The molecule has 3 heterocycles. The predicted molar refractivity (Wildman–Crippen MR) is 130 cm³/mol. The number of aryl methyl sites for hydroxylation is 2.